The van der Waals surface area contributed by atoms with Gasteiger partial charge in [0, 0.05) is 30.1 Å². The van der Waals surface area contributed by atoms with Crippen molar-refractivity contribution in [1.82, 2.24) is 24.7 Å². The Bertz CT molecular complexity index is 1560. The molecule has 206 valence electrons. The highest BCUT2D eigenvalue weighted by atomic mass is 35.5. The van der Waals surface area contributed by atoms with Crippen LogP contribution in [0.5, 0.6) is 0 Å². The minimum Gasteiger partial charge on any atom is -0.368 e. The molecule has 1 atom stereocenters. The van der Waals surface area contributed by atoms with Gasteiger partial charge in [-0.05, 0) is 30.5 Å². The van der Waals surface area contributed by atoms with Gasteiger partial charge in [-0.2, -0.15) is 5.10 Å². The lowest BCUT2D eigenvalue weighted by atomic mass is 10.0. The largest absolute Gasteiger partial charge is 0.368 e. The summed E-state index contributed by atoms with van der Waals surface area (Å²) in [6.07, 6.45) is 5.45. The molecule has 0 saturated carbocycles. The van der Waals surface area contributed by atoms with E-state index in [2.05, 4.69) is 25.4 Å². The zero-order valence-corrected chi connectivity index (χ0v) is 21.5. The fraction of sp³-hybridized carbons (Fsp3) is 0.231. The van der Waals surface area contributed by atoms with Gasteiger partial charge in [-0.1, -0.05) is 23.7 Å². The maximum Gasteiger partial charge on any atom is 0.275 e. The average molecular weight is 571 g/mol. The smallest absolute Gasteiger partial charge is 0.275 e. The summed E-state index contributed by atoms with van der Waals surface area (Å²) < 4.78 is 43.2. The van der Waals surface area contributed by atoms with Crippen molar-refractivity contribution >= 4 is 34.9 Å². The number of nitrogens with zero attached hydrogens (tertiary/aromatic N) is 6. The van der Waals surface area contributed by atoms with Gasteiger partial charge in [0.2, 0.25) is 5.91 Å². The number of anilines is 2. The molecule has 0 unspecified atom stereocenters. The van der Waals surface area contributed by atoms with Crippen LogP contribution in [0.3, 0.4) is 0 Å². The van der Waals surface area contributed by atoms with E-state index in [1.807, 2.05) is 17.0 Å². The van der Waals surface area contributed by atoms with Crippen molar-refractivity contribution in [3.8, 4) is 11.3 Å². The van der Waals surface area contributed by atoms with Gasteiger partial charge in [-0.15, -0.1) is 0 Å². The lowest BCUT2D eigenvalue weighted by Gasteiger charge is -2.23. The minimum absolute atomic E-state index is 0.221. The molecule has 1 aromatic carbocycles. The Balaban J connectivity index is 1.27. The molecule has 2 amide bonds. The molecule has 4 aromatic rings. The lowest BCUT2D eigenvalue weighted by Crippen LogP contribution is -2.40. The summed E-state index contributed by atoms with van der Waals surface area (Å²) in [7, 11) is 0. The second-order valence-electron chi connectivity index (χ2n) is 9.07. The van der Waals surface area contributed by atoms with Gasteiger partial charge in [0.1, 0.15) is 17.6 Å². The first-order chi connectivity index (χ1) is 19.2. The highest BCUT2D eigenvalue weighted by Gasteiger charge is 2.30. The van der Waals surface area contributed by atoms with Gasteiger partial charge in [-0.25, -0.2) is 23.1 Å². The predicted molar refractivity (Wildman–Crippen MR) is 140 cm³/mol. The number of alkyl halides is 2. The molecule has 3 aromatic heterocycles. The number of carbonyl (C=O) groups is 2. The summed E-state index contributed by atoms with van der Waals surface area (Å²) in [4.78, 5) is 38.7. The Morgan fingerprint density at radius 3 is 2.70 bits per heavy atom. The quantitative estimate of drug-likeness (QED) is 0.324. The van der Waals surface area contributed by atoms with E-state index < -0.39 is 29.3 Å². The Morgan fingerprint density at radius 1 is 1.15 bits per heavy atom. The SMILES string of the molecule is NC(=O)[C@@H]1CCCN1c1ccc(Cn2cc(NC(=O)c3cncc(-c4c(C(F)F)ccc(Cl)c4F)n3)cn2)cn1. The maximum absolute atomic E-state index is 14.6. The number of benzene rings is 1. The standard InChI is InChI=1S/C26H22ClF3N8O2/c27-17-5-4-16(24(29)30)22(23(17)28)18-10-32-11-19(36-18)26(40)35-15-9-34-37(13-15)12-14-3-6-21(33-8-14)38-7-1-2-20(38)25(31)39/h3-6,8-11,13,20,24H,1-2,7,12H2,(H2,31,39)(H,35,40)/t20-/m0/s1. The Kier molecular flexibility index (Phi) is 7.65. The molecule has 1 fully saturated rings. The molecule has 3 N–H and O–H groups in total. The molecule has 0 bridgehead atoms. The molecular formula is C26H22ClF3N8O2. The first-order valence-electron chi connectivity index (χ1n) is 12.1. The second kappa shape index (κ2) is 11.3. The third kappa shape index (κ3) is 5.59. The van der Waals surface area contributed by atoms with E-state index in [0.717, 1.165) is 36.5 Å². The number of pyridine rings is 1. The van der Waals surface area contributed by atoms with Crippen molar-refractivity contribution in [2.75, 3.05) is 16.8 Å². The fourth-order valence-corrected chi connectivity index (χ4v) is 4.67. The Morgan fingerprint density at radius 2 is 1.98 bits per heavy atom. The lowest BCUT2D eigenvalue weighted by molar-refractivity contribution is -0.119. The molecule has 4 heterocycles. The number of halogens is 4. The number of nitrogens with one attached hydrogen (secondary N) is 1. The van der Waals surface area contributed by atoms with Crippen LogP contribution >= 0.6 is 11.6 Å². The van der Waals surface area contributed by atoms with Crippen molar-refractivity contribution in [2.45, 2.75) is 31.9 Å². The zero-order chi connectivity index (χ0) is 28.4. The number of hydrogen-bond donors (Lipinski definition) is 2. The molecule has 10 nitrogen and oxygen atoms in total. The molecule has 0 aliphatic carbocycles. The Labute approximate surface area is 231 Å². The maximum atomic E-state index is 14.6. The summed E-state index contributed by atoms with van der Waals surface area (Å²) in [6.45, 7) is 1.05. The molecular weight excluding hydrogens is 549 g/mol. The number of primary amides is 1. The van der Waals surface area contributed by atoms with Crippen molar-refractivity contribution in [1.29, 1.82) is 0 Å². The van der Waals surface area contributed by atoms with E-state index in [9.17, 15) is 22.8 Å². The topological polar surface area (TPSA) is 132 Å². The van der Waals surface area contributed by atoms with Crippen LogP contribution in [0.2, 0.25) is 5.02 Å². The fourth-order valence-electron chi connectivity index (χ4n) is 4.52. The zero-order valence-electron chi connectivity index (χ0n) is 20.8. The van der Waals surface area contributed by atoms with E-state index in [-0.39, 0.29) is 28.4 Å². The number of amides is 2. The van der Waals surface area contributed by atoms with Gasteiger partial charge in [0.25, 0.3) is 12.3 Å². The Hall–Kier alpha value is -4.52. The van der Waals surface area contributed by atoms with E-state index >= 15 is 0 Å². The first-order valence-corrected chi connectivity index (χ1v) is 12.5. The van der Waals surface area contributed by atoms with Crippen LogP contribution in [0, 0.1) is 5.82 Å². The number of hydrogen-bond acceptors (Lipinski definition) is 7. The number of rotatable bonds is 8. The normalized spacial score (nSPS) is 15.0. The van der Waals surface area contributed by atoms with E-state index in [1.165, 1.54) is 6.20 Å². The first kappa shape index (κ1) is 27.1. The van der Waals surface area contributed by atoms with E-state index in [1.54, 1.807) is 17.1 Å². The third-order valence-corrected chi connectivity index (χ3v) is 6.70. The average Bonchev–Trinajstić information content (AvgIpc) is 3.60. The molecule has 1 aliphatic rings. The molecule has 5 rings (SSSR count). The van der Waals surface area contributed by atoms with Crippen molar-refractivity contribution in [3.05, 3.63) is 82.9 Å². The number of nitrogens with two attached hydrogens (primary N) is 1. The highest BCUT2D eigenvalue weighted by molar-refractivity contribution is 6.31. The second-order valence-corrected chi connectivity index (χ2v) is 9.48. The van der Waals surface area contributed by atoms with E-state index in [0.29, 0.717) is 31.0 Å². The summed E-state index contributed by atoms with van der Waals surface area (Å²) in [6, 6.07) is 5.35. The van der Waals surface area contributed by atoms with Crippen LogP contribution in [0.15, 0.2) is 55.2 Å². The van der Waals surface area contributed by atoms with Crippen molar-refractivity contribution in [2.24, 2.45) is 5.73 Å². The van der Waals surface area contributed by atoms with Crippen LogP contribution in [0.4, 0.5) is 24.7 Å². The van der Waals surface area contributed by atoms with Crippen molar-refractivity contribution in [3.63, 3.8) is 0 Å². The van der Waals surface area contributed by atoms with Crippen LogP contribution in [-0.2, 0) is 11.3 Å². The summed E-state index contributed by atoms with van der Waals surface area (Å²) in [5, 5.41) is 6.48. The van der Waals surface area contributed by atoms with E-state index in [4.69, 9.17) is 17.3 Å². The summed E-state index contributed by atoms with van der Waals surface area (Å²) >= 11 is 5.79. The van der Waals surface area contributed by atoms with Gasteiger partial charge in [-0.3, -0.25) is 19.3 Å². The molecule has 0 spiro atoms. The van der Waals surface area contributed by atoms with Crippen LogP contribution in [0.25, 0.3) is 11.3 Å². The molecule has 1 saturated heterocycles. The van der Waals surface area contributed by atoms with Gasteiger partial charge in [0.05, 0.1) is 41.5 Å². The van der Waals surface area contributed by atoms with Crippen LogP contribution in [0.1, 0.15) is 40.9 Å². The number of carbonyl (C=O) groups excluding carboxylic acids is 2. The minimum atomic E-state index is -2.99. The van der Waals surface area contributed by atoms with Gasteiger partial charge < -0.3 is 16.0 Å². The molecule has 14 heteroatoms. The monoisotopic (exact) mass is 570 g/mol. The van der Waals surface area contributed by atoms with Crippen molar-refractivity contribution < 1.29 is 22.8 Å². The third-order valence-electron chi connectivity index (χ3n) is 6.41. The summed E-state index contributed by atoms with van der Waals surface area (Å²) in [5.41, 5.74) is 5.04. The molecule has 40 heavy (non-hydrogen) atoms. The van der Waals surface area contributed by atoms with Crippen LogP contribution < -0.4 is 16.0 Å². The van der Waals surface area contributed by atoms with Gasteiger partial charge in [0.15, 0.2) is 5.82 Å². The summed E-state index contributed by atoms with van der Waals surface area (Å²) in [5.74, 6) is -1.49. The van der Waals surface area contributed by atoms with Gasteiger partial charge >= 0.3 is 0 Å². The van der Waals surface area contributed by atoms with Crippen LogP contribution in [-0.4, -0.2) is 49.1 Å². The predicted octanol–water partition coefficient (Wildman–Crippen LogP) is 4.22. The molecule has 1 aliphatic heterocycles. The highest BCUT2D eigenvalue weighted by Crippen LogP contribution is 2.35. The number of aromatic nitrogens is 5. The molecule has 0 radical (unpaired) electrons.